The van der Waals surface area contributed by atoms with Gasteiger partial charge in [-0.15, -0.1) is 5.10 Å². The minimum atomic E-state index is -0.0316. The van der Waals surface area contributed by atoms with Gasteiger partial charge >= 0.3 is 0 Å². The van der Waals surface area contributed by atoms with Gasteiger partial charge in [-0.2, -0.15) is 0 Å². The van der Waals surface area contributed by atoms with Crippen LogP contribution in [0.15, 0.2) is 29.1 Å². The van der Waals surface area contributed by atoms with Gasteiger partial charge in [0.2, 0.25) is 10.5 Å². The van der Waals surface area contributed by atoms with E-state index in [1.54, 1.807) is 11.7 Å². The summed E-state index contributed by atoms with van der Waals surface area (Å²) in [5.41, 5.74) is 0.780. The molecule has 0 saturated heterocycles. The number of hydrogen-bond donors (Lipinski definition) is 0. The second-order valence-electron chi connectivity index (χ2n) is 7.02. The normalized spacial score (nSPS) is 14.6. The van der Waals surface area contributed by atoms with Crippen LogP contribution >= 0.6 is 12.2 Å². The number of hydrogen-bond acceptors (Lipinski definition) is 5. The first-order valence-electron chi connectivity index (χ1n) is 9.49. The van der Waals surface area contributed by atoms with Crippen LogP contribution in [0.25, 0.3) is 16.7 Å². The maximum atomic E-state index is 13.1. The van der Waals surface area contributed by atoms with Gasteiger partial charge in [0.15, 0.2) is 0 Å². The molecule has 2 heterocycles. The summed E-state index contributed by atoms with van der Waals surface area (Å²) < 4.78 is 11.3. The van der Waals surface area contributed by atoms with E-state index < -0.39 is 0 Å². The van der Waals surface area contributed by atoms with Gasteiger partial charge < -0.3 is 4.74 Å². The lowest BCUT2D eigenvalue weighted by molar-refractivity contribution is 0.190. The molecule has 144 valence electrons. The van der Waals surface area contributed by atoms with Crippen LogP contribution in [0.1, 0.15) is 26.2 Å². The zero-order chi connectivity index (χ0) is 19.0. The molecule has 7 nitrogen and oxygen atoms in total. The molecule has 0 amide bonds. The maximum absolute atomic E-state index is 13.1. The molecule has 0 aliphatic heterocycles. The fourth-order valence-corrected chi connectivity index (χ4v) is 3.89. The van der Waals surface area contributed by atoms with E-state index in [1.807, 2.05) is 33.3 Å². The Morgan fingerprint density at radius 3 is 2.81 bits per heavy atom. The van der Waals surface area contributed by atoms with E-state index in [0.29, 0.717) is 41.8 Å². The maximum Gasteiger partial charge on any atom is 0.262 e. The molecule has 0 spiro atoms. The largest absolute Gasteiger partial charge is 0.385 e. The lowest BCUT2D eigenvalue weighted by atomic mass is 10.2. The van der Waals surface area contributed by atoms with Crippen molar-refractivity contribution in [3.63, 3.8) is 0 Å². The van der Waals surface area contributed by atoms with Crippen molar-refractivity contribution < 1.29 is 4.74 Å². The molecule has 3 aromatic rings. The van der Waals surface area contributed by atoms with Gasteiger partial charge in [-0.25, -0.2) is 4.68 Å². The summed E-state index contributed by atoms with van der Waals surface area (Å²) in [7, 11) is 1.67. The molecule has 27 heavy (non-hydrogen) atoms. The number of methoxy groups -OCH3 is 1. The molecular formula is C19H25N5O2S. The van der Waals surface area contributed by atoms with Gasteiger partial charge in [-0.3, -0.25) is 18.7 Å². The molecule has 4 rings (SSSR count). The highest BCUT2D eigenvalue weighted by molar-refractivity contribution is 7.71. The summed E-state index contributed by atoms with van der Waals surface area (Å²) in [6, 6.07) is 8.23. The zero-order valence-corrected chi connectivity index (χ0v) is 16.6. The number of para-hydroxylation sites is 1. The first-order valence-corrected chi connectivity index (χ1v) is 9.90. The highest BCUT2D eigenvalue weighted by atomic mass is 32.1. The summed E-state index contributed by atoms with van der Waals surface area (Å²) in [6.07, 6.45) is 3.21. The lowest BCUT2D eigenvalue weighted by Crippen LogP contribution is -2.29. The highest BCUT2D eigenvalue weighted by Crippen LogP contribution is 2.27. The van der Waals surface area contributed by atoms with Crippen molar-refractivity contribution in [3.8, 4) is 0 Å². The molecule has 0 atom stereocenters. The van der Waals surface area contributed by atoms with Crippen molar-refractivity contribution in [3.05, 3.63) is 39.4 Å². The quantitative estimate of drug-likeness (QED) is 0.439. The Morgan fingerprint density at radius 2 is 2.11 bits per heavy atom. The van der Waals surface area contributed by atoms with E-state index in [-0.39, 0.29) is 5.56 Å². The van der Waals surface area contributed by atoms with Gasteiger partial charge in [0.25, 0.3) is 5.56 Å². The monoisotopic (exact) mass is 387 g/mol. The smallest absolute Gasteiger partial charge is 0.262 e. The van der Waals surface area contributed by atoms with Crippen molar-refractivity contribution in [2.45, 2.75) is 45.4 Å². The molecule has 1 aliphatic rings. The summed E-state index contributed by atoms with van der Waals surface area (Å²) in [5, 5.41) is 5.42. The lowest BCUT2D eigenvalue weighted by Gasteiger charge is -2.18. The number of benzene rings is 1. The SMILES string of the molecule is CCN(Cn1nc2n(CCCOC)c(=O)c3ccccc3n2c1=S)C1CC1. The van der Waals surface area contributed by atoms with Gasteiger partial charge in [0, 0.05) is 26.3 Å². The summed E-state index contributed by atoms with van der Waals surface area (Å²) in [5.74, 6) is 0.603. The van der Waals surface area contributed by atoms with Crippen LogP contribution < -0.4 is 5.56 Å². The van der Waals surface area contributed by atoms with E-state index >= 15 is 0 Å². The highest BCUT2D eigenvalue weighted by Gasteiger charge is 2.28. The number of aromatic nitrogens is 4. The Kier molecular flexibility index (Phi) is 5.12. The standard InChI is InChI=1S/C19H25N5O2S/c1-3-21(14-9-10-14)13-23-19(27)24-16-8-5-4-7-15(16)17(25)22(18(24)20-23)11-6-12-26-2/h4-5,7-8,14H,3,6,9-13H2,1-2H3. The Hall–Kier alpha value is -2.03. The Morgan fingerprint density at radius 1 is 1.33 bits per heavy atom. The van der Waals surface area contributed by atoms with Gasteiger partial charge in [0.05, 0.1) is 17.6 Å². The molecule has 0 N–H and O–H groups in total. The third-order valence-electron chi connectivity index (χ3n) is 5.20. The van der Waals surface area contributed by atoms with Gasteiger partial charge in [-0.05, 0) is 50.2 Å². The second kappa shape index (κ2) is 7.53. The third kappa shape index (κ3) is 3.33. The predicted octanol–water partition coefficient (Wildman–Crippen LogP) is 2.66. The van der Waals surface area contributed by atoms with Crippen LogP contribution in [-0.4, -0.2) is 50.0 Å². The second-order valence-corrected chi connectivity index (χ2v) is 7.38. The van der Waals surface area contributed by atoms with E-state index in [9.17, 15) is 4.79 Å². The third-order valence-corrected chi connectivity index (χ3v) is 5.59. The number of ether oxygens (including phenoxy) is 1. The molecule has 0 bridgehead atoms. The van der Waals surface area contributed by atoms with E-state index in [4.69, 9.17) is 22.1 Å². The number of rotatable bonds is 8. The molecule has 1 aromatic carbocycles. The Labute approximate surface area is 162 Å². The van der Waals surface area contributed by atoms with Gasteiger partial charge in [0.1, 0.15) is 0 Å². The fraction of sp³-hybridized carbons (Fsp3) is 0.526. The van der Waals surface area contributed by atoms with Crippen molar-refractivity contribution in [1.82, 2.24) is 23.6 Å². The summed E-state index contributed by atoms with van der Waals surface area (Å²) in [4.78, 5) is 15.5. The molecule has 0 unspecified atom stereocenters. The Bertz CT molecular complexity index is 1080. The van der Waals surface area contributed by atoms with Crippen LogP contribution in [0.5, 0.6) is 0 Å². The zero-order valence-electron chi connectivity index (χ0n) is 15.8. The molecule has 8 heteroatoms. The Balaban J connectivity index is 1.89. The average molecular weight is 388 g/mol. The molecular weight excluding hydrogens is 362 g/mol. The summed E-state index contributed by atoms with van der Waals surface area (Å²) in [6.45, 7) is 4.92. The topological polar surface area (TPSA) is 56.7 Å². The number of aryl methyl sites for hydroxylation is 1. The van der Waals surface area contributed by atoms with Crippen LogP contribution in [0.4, 0.5) is 0 Å². The molecule has 1 fully saturated rings. The minimum Gasteiger partial charge on any atom is -0.385 e. The van der Waals surface area contributed by atoms with Crippen molar-refractivity contribution in [2.75, 3.05) is 20.3 Å². The molecule has 1 aliphatic carbocycles. The van der Waals surface area contributed by atoms with E-state index in [0.717, 1.165) is 18.5 Å². The first kappa shape index (κ1) is 18.3. The molecule has 0 radical (unpaired) electrons. The first-order chi connectivity index (χ1) is 13.2. The van der Waals surface area contributed by atoms with Crippen LogP contribution in [-0.2, 0) is 18.0 Å². The van der Waals surface area contributed by atoms with Crippen LogP contribution in [0.2, 0.25) is 0 Å². The van der Waals surface area contributed by atoms with Crippen LogP contribution in [0.3, 0.4) is 0 Å². The minimum absolute atomic E-state index is 0.0316. The van der Waals surface area contributed by atoms with Crippen molar-refractivity contribution >= 4 is 28.9 Å². The van der Waals surface area contributed by atoms with Crippen molar-refractivity contribution in [1.29, 1.82) is 0 Å². The molecule has 1 saturated carbocycles. The average Bonchev–Trinajstić information content (AvgIpc) is 3.47. The van der Waals surface area contributed by atoms with Crippen molar-refractivity contribution in [2.24, 2.45) is 0 Å². The number of fused-ring (bicyclic) bond motifs is 3. The van der Waals surface area contributed by atoms with Crippen LogP contribution in [0, 0.1) is 4.77 Å². The van der Waals surface area contributed by atoms with Gasteiger partial charge in [-0.1, -0.05) is 19.1 Å². The van der Waals surface area contributed by atoms with E-state index in [2.05, 4.69) is 11.8 Å². The van der Waals surface area contributed by atoms with E-state index in [1.165, 1.54) is 12.8 Å². The summed E-state index contributed by atoms with van der Waals surface area (Å²) >= 11 is 5.76. The number of nitrogens with zero attached hydrogens (tertiary/aromatic N) is 5. The fourth-order valence-electron chi connectivity index (χ4n) is 3.61. The predicted molar refractivity (Wildman–Crippen MR) is 108 cm³/mol. The molecule has 2 aromatic heterocycles.